The summed E-state index contributed by atoms with van der Waals surface area (Å²) in [4.78, 5) is 14.9. The third-order valence-corrected chi connectivity index (χ3v) is 6.24. The highest BCUT2D eigenvalue weighted by atomic mass is 16.3. The first kappa shape index (κ1) is 39.4. The Balaban J connectivity index is -0.000000641. The van der Waals surface area contributed by atoms with Crippen molar-refractivity contribution in [1.29, 1.82) is 0 Å². The Labute approximate surface area is 227 Å². The van der Waals surface area contributed by atoms with Crippen LogP contribution < -0.4 is 0 Å². The van der Waals surface area contributed by atoms with Gasteiger partial charge in [-0.25, -0.2) is 4.98 Å². The smallest absolute Gasteiger partial charge is 0.178 e. The summed E-state index contributed by atoms with van der Waals surface area (Å²) < 4.78 is 1.73. The van der Waals surface area contributed by atoms with Gasteiger partial charge in [0.05, 0.1) is 18.1 Å². The van der Waals surface area contributed by atoms with Gasteiger partial charge in [0.25, 0.3) is 0 Å². The van der Waals surface area contributed by atoms with Gasteiger partial charge >= 0.3 is 0 Å². The lowest BCUT2D eigenvalue weighted by molar-refractivity contribution is 0.100. The van der Waals surface area contributed by atoms with Crippen LogP contribution in [0, 0.1) is 6.92 Å². The fourth-order valence-corrected chi connectivity index (χ4v) is 4.22. The molecule has 1 rings (SSSR count). The maximum Gasteiger partial charge on any atom is 0.178 e. The molecule has 1 aromatic rings. The molecule has 1 aromatic heterocycles. The normalized spacial score (nSPS) is 10.1. The summed E-state index contributed by atoms with van der Waals surface area (Å²) in [6, 6.07) is 0. The predicted molar refractivity (Wildman–Crippen MR) is 161 cm³/mol. The van der Waals surface area contributed by atoms with Crippen LogP contribution in [-0.4, -0.2) is 26.5 Å². The zero-order valence-corrected chi connectivity index (χ0v) is 26.1. The molecule has 0 atom stereocenters. The highest BCUT2D eigenvalue weighted by Crippen LogP contribution is 2.15. The molecule has 0 aliphatic carbocycles. The standard InChI is InChI=1S/C21H44O.C7H10N2O.2C2H6/c1-3-5-7-9-11-13-15-17-19-21(22)20-18-16-14-12-10-8-6-4-2;1-5-7(6(2)10)9(3)4-8-5;2*1-2/h21-22H,3-20H2,1-2H3;4H,1-3H3;2*1-2H3. The molecule has 0 spiro atoms. The van der Waals surface area contributed by atoms with E-state index in [9.17, 15) is 9.90 Å². The minimum Gasteiger partial charge on any atom is -0.393 e. The molecule has 0 aromatic carbocycles. The molecular formula is C32H66N2O2. The minimum absolute atomic E-state index is 0.0276. The first-order valence-corrected chi connectivity index (χ1v) is 15.6. The van der Waals surface area contributed by atoms with E-state index < -0.39 is 0 Å². The Kier molecular flexibility index (Phi) is 34.8. The van der Waals surface area contributed by atoms with Crippen molar-refractivity contribution in [2.75, 3.05) is 0 Å². The van der Waals surface area contributed by atoms with Crippen molar-refractivity contribution >= 4 is 5.78 Å². The van der Waals surface area contributed by atoms with Crippen molar-refractivity contribution in [1.82, 2.24) is 9.55 Å². The topological polar surface area (TPSA) is 55.1 Å². The predicted octanol–water partition coefficient (Wildman–Crippen LogP) is 10.4. The van der Waals surface area contributed by atoms with Crippen molar-refractivity contribution in [2.24, 2.45) is 7.05 Å². The molecule has 0 saturated carbocycles. The van der Waals surface area contributed by atoms with E-state index in [1.807, 2.05) is 41.7 Å². The highest BCUT2D eigenvalue weighted by Gasteiger charge is 2.07. The van der Waals surface area contributed by atoms with Gasteiger partial charge in [-0.3, -0.25) is 4.79 Å². The van der Waals surface area contributed by atoms with E-state index in [1.54, 1.807) is 17.8 Å². The van der Waals surface area contributed by atoms with Gasteiger partial charge < -0.3 is 9.67 Å². The molecule has 0 aliphatic heterocycles. The maximum atomic E-state index is 10.9. The van der Waals surface area contributed by atoms with Crippen molar-refractivity contribution < 1.29 is 9.90 Å². The molecule has 0 aliphatic rings. The second kappa shape index (κ2) is 31.9. The quantitative estimate of drug-likeness (QED) is 0.149. The molecule has 0 saturated heterocycles. The summed E-state index contributed by atoms with van der Waals surface area (Å²) in [6.07, 6.45) is 25.4. The number of aryl methyl sites for hydroxylation is 2. The van der Waals surface area contributed by atoms with Crippen LogP contribution in [0.3, 0.4) is 0 Å². The van der Waals surface area contributed by atoms with Crippen LogP contribution >= 0.6 is 0 Å². The largest absolute Gasteiger partial charge is 0.393 e. The SMILES string of the molecule is CC.CC.CC(=O)c1c(C)ncn1C.CCCCCCCCCCC(O)CCCCCCCCCC. The molecule has 1 heterocycles. The highest BCUT2D eigenvalue weighted by molar-refractivity contribution is 5.93. The number of carbonyl (C=O) groups is 1. The number of hydrogen-bond donors (Lipinski definition) is 1. The number of aliphatic hydroxyl groups excluding tert-OH is 1. The molecule has 36 heavy (non-hydrogen) atoms. The Morgan fingerprint density at radius 2 is 1.08 bits per heavy atom. The summed E-state index contributed by atoms with van der Waals surface area (Å²) in [6.45, 7) is 15.9. The first-order chi connectivity index (χ1) is 17.4. The number of imidazole rings is 1. The van der Waals surface area contributed by atoms with Crippen molar-refractivity contribution in [3.05, 3.63) is 17.7 Å². The summed E-state index contributed by atoms with van der Waals surface area (Å²) in [5.41, 5.74) is 1.50. The molecule has 4 nitrogen and oxygen atoms in total. The van der Waals surface area contributed by atoms with E-state index in [4.69, 9.17) is 0 Å². The van der Waals surface area contributed by atoms with Crippen LogP contribution in [0.1, 0.15) is 180 Å². The number of aliphatic hydroxyl groups is 1. The summed E-state index contributed by atoms with van der Waals surface area (Å²) in [7, 11) is 1.82. The fourth-order valence-electron chi connectivity index (χ4n) is 4.22. The van der Waals surface area contributed by atoms with Crippen LogP contribution in [0.5, 0.6) is 0 Å². The van der Waals surface area contributed by atoms with E-state index in [0.717, 1.165) is 18.5 Å². The second-order valence-electron chi connectivity index (χ2n) is 9.53. The van der Waals surface area contributed by atoms with Gasteiger partial charge in [0.15, 0.2) is 5.78 Å². The number of Topliss-reactive ketones (excluding diaryl/α,β-unsaturated/α-hetero) is 1. The number of nitrogens with zero attached hydrogens (tertiary/aromatic N) is 2. The zero-order chi connectivity index (χ0) is 28.0. The van der Waals surface area contributed by atoms with E-state index in [1.165, 1.54) is 103 Å². The van der Waals surface area contributed by atoms with E-state index in [2.05, 4.69) is 18.8 Å². The van der Waals surface area contributed by atoms with Gasteiger partial charge in [-0.15, -0.1) is 0 Å². The molecule has 0 amide bonds. The van der Waals surface area contributed by atoms with Crippen LogP contribution in [0.4, 0.5) is 0 Å². The summed E-state index contributed by atoms with van der Waals surface area (Å²) >= 11 is 0. The Bertz CT molecular complexity index is 515. The Morgan fingerprint density at radius 1 is 0.750 bits per heavy atom. The number of ketones is 1. The van der Waals surface area contributed by atoms with Gasteiger partial charge in [0, 0.05) is 14.0 Å². The Hall–Kier alpha value is -1.16. The average Bonchev–Trinajstić information content (AvgIpc) is 3.23. The molecule has 1 N–H and O–H groups in total. The fraction of sp³-hybridized carbons (Fsp3) is 0.875. The third kappa shape index (κ3) is 25.9. The number of carbonyl (C=O) groups excluding carboxylic acids is 1. The maximum absolute atomic E-state index is 10.9. The summed E-state index contributed by atoms with van der Waals surface area (Å²) in [5.74, 6) is 0.0671. The van der Waals surface area contributed by atoms with Gasteiger partial charge in [0.1, 0.15) is 5.69 Å². The van der Waals surface area contributed by atoms with Crippen molar-refractivity contribution in [3.63, 3.8) is 0 Å². The van der Waals surface area contributed by atoms with E-state index in [0.29, 0.717) is 5.69 Å². The molecule has 0 unspecified atom stereocenters. The monoisotopic (exact) mass is 511 g/mol. The minimum atomic E-state index is -0.0276. The molecule has 0 bridgehead atoms. The van der Waals surface area contributed by atoms with E-state index >= 15 is 0 Å². The number of aromatic nitrogens is 2. The molecule has 0 fully saturated rings. The van der Waals surface area contributed by atoms with Gasteiger partial charge in [-0.05, 0) is 19.8 Å². The number of hydrogen-bond acceptors (Lipinski definition) is 3. The molecule has 0 radical (unpaired) electrons. The van der Waals surface area contributed by atoms with Crippen molar-refractivity contribution in [3.8, 4) is 0 Å². The van der Waals surface area contributed by atoms with Crippen LogP contribution in [0.25, 0.3) is 0 Å². The lowest BCUT2D eigenvalue weighted by atomic mass is 10.0. The number of unbranched alkanes of at least 4 members (excludes halogenated alkanes) is 14. The number of rotatable bonds is 19. The zero-order valence-electron chi connectivity index (χ0n) is 26.1. The molecular weight excluding hydrogens is 444 g/mol. The van der Waals surface area contributed by atoms with Gasteiger partial charge in [-0.2, -0.15) is 0 Å². The molecule has 4 heteroatoms. The Morgan fingerprint density at radius 3 is 1.33 bits per heavy atom. The average molecular weight is 511 g/mol. The molecule has 216 valence electrons. The first-order valence-electron chi connectivity index (χ1n) is 15.6. The lowest BCUT2D eigenvalue weighted by Gasteiger charge is -2.10. The van der Waals surface area contributed by atoms with Crippen molar-refractivity contribution in [2.45, 2.75) is 177 Å². The third-order valence-electron chi connectivity index (χ3n) is 6.24. The van der Waals surface area contributed by atoms with E-state index in [-0.39, 0.29) is 11.9 Å². The van der Waals surface area contributed by atoms with Crippen LogP contribution in [-0.2, 0) is 7.05 Å². The van der Waals surface area contributed by atoms with Gasteiger partial charge in [-0.1, -0.05) is 144 Å². The second-order valence-corrected chi connectivity index (χ2v) is 9.53. The van der Waals surface area contributed by atoms with Crippen LogP contribution in [0.2, 0.25) is 0 Å². The lowest BCUT2D eigenvalue weighted by Crippen LogP contribution is -2.05. The van der Waals surface area contributed by atoms with Crippen LogP contribution in [0.15, 0.2) is 6.33 Å². The van der Waals surface area contributed by atoms with Gasteiger partial charge in [0.2, 0.25) is 0 Å². The summed E-state index contributed by atoms with van der Waals surface area (Å²) in [5, 5.41) is 9.99.